The van der Waals surface area contributed by atoms with E-state index in [1.54, 1.807) is 30.3 Å². The Hall–Kier alpha value is -3.78. The Morgan fingerprint density at radius 3 is 2.45 bits per heavy atom. The van der Waals surface area contributed by atoms with Crippen molar-refractivity contribution in [1.82, 2.24) is 5.01 Å². The van der Waals surface area contributed by atoms with Crippen LogP contribution in [0.5, 0.6) is 5.75 Å². The summed E-state index contributed by atoms with van der Waals surface area (Å²) in [5, 5.41) is 21.6. The number of nitro groups is 1. The first-order valence-electron chi connectivity index (χ1n) is 9.67. The van der Waals surface area contributed by atoms with E-state index >= 15 is 0 Å². The molecule has 0 saturated carbocycles. The van der Waals surface area contributed by atoms with Gasteiger partial charge in [-0.3, -0.25) is 10.1 Å². The number of methoxy groups -OCH3 is 1. The van der Waals surface area contributed by atoms with Gasteiger partial charge in [-0.15, -0.1) is 0 Å². The van der Waals surface area contributed by atoms with E-state index in [2.05, 4.69) is 5.32 Å². The fourth-order valence-corrected chi connectivity index (χ4v) is 3.82. The third-order valence-electron chi connectivity index (χ3n) is 5.06. The highest BCUT2D eigenvalue weighted by atomic mass is 32.1. The maximum absolute atomic E-state index is 11.7. The Balaban J connectivity index is 1.70. The van der Waals surface area contributed by atoms with Crippen molar-refractivity contribution in [3.63, 3.8) is 0 Å². The maximum atomic E-state index is 11.7. The Kier molecular flexibility index (Phi) is 5.90. The van der Waals surface area contributed by atoms with Crippen LogP contribution in [0.4, 0.5) is 11.4 Å². The van der Waals surface area contributed by atoms with E-state index in [-0.39, 0.29) is 10.6 Å². The highest BCUT2D eigenvalue weighted by molar-refractivity contribution is 7.80. The second-order valence-corrected chi connectivity index (χ2v) is 7.34. The van der Waals surface area contributed by atoms with Crippen molar-refractivity contribution in [3.8, 4) is 5.75 Å². The quantitative estimate of drug-likeness (QED) is 0.341. The van der Waals surface area contributed by atoms with Gasteiger partial charge in [0.1, 0.15) is 5.75 Å². The van der Waals surface area contributed by atoms with Gasteiger partial charge in [0.15, 0.2) is 5.11 Å². The van der Waals surface area contributed by atoms with Gasteiger partial charge in [-0.1, -0.05) is 30.3 Å². The molecule has 1 aliphatic rings. The Bertz CT molecular complexity index is 1130. The standard InChI is InChI=1S/C23H20N4O3S/c1-30-18-13-11-16(12-14-18)20-15-22(19-9-5-6-10-21(19)27(28)29)26(25-20)23(31)24-17-7-3-2-4-8-17/h2-14,22H,15H2,1H3,(H,24,31)/t22-/m1/s1. The van der Waals surface area contributed by atoms with Crippen LogP contribution < -0.4 is 10.1 Å². The molecule has 4 rings (SSSR count). The molecule has 0 fully saturated rings. The lowest BCUT2D eigenvalue weighted by Crippen LogP contribution is -2.31. The van der Waals surface area contributed by atoms with Crippen LogP contribution in [0.15, 0.2) is 84.0 Å². The highest BCUT2D eigenvalue weighted by Gasteiger charge is 2.35. The largest absolute Gasteiger partial charge is 0.497 e. The molecule has 8 heteroatoms. The lowest BCUT2D eigenvalue weighted by Gasteiger charge is -2.24. The van der Waals surface area contributed by atoms with E-state index in [1.165, 1.54) is 6.07 Å². The molecule has 0 spiro atoms. The van der Waals surface area contributed by atoms with E-state index in [4.69, 9.17) is 22.1 Å². The molecular formula is C23H20N4O3S. The topological polar surface area (TPSA) is 80.0 Å². The zero-order valence-corrected chi connectivity index (χ0v) is 17.6. The number of rotatable bonds is 5. The number of hydrogen-bond acceptors (Lipinski definition) is 5. The first kappa shape index (κ1) is 20.5. The highest BCUT2D eigenvalue weighted by Crippen LogP contribution is 2.37. The van der Waals surface area contributed by atoms with Crippen molar-refractivity contribution < 1.29 is 9.66 Å². The van der Waals surface area contributed by atoms with Gasteiger partial charge in [-0.25, -0.2) is 5.01 Å². The molecule has 0 aromatic heterocycles. The number of nitro benzene ring substituents is 1. The zero-order valence-electron chi connectivity index (χ0n) is 16.8. The second-order valence-electron chi connectivity index (χ2n) is 6.95. The second kappa shape index (κ2) is 8.93. The molecule has 156 valence electrons. The monoisotopic (exact) mass is 432 g/mol. The van der Waals surface area contributed by atoms with Crippen molar-refractivity contribution in [1.29, 1.82) is 0 Å². The smallest absolute Gasteiger partial charge is 0.274 e. The van der Waals surface area contributed by atoms with Crippen LogP contribution in [-0.4, -0.2) is 27.9 Å². The maximum Gasteiger partial charge on any atom is 0.274 e. The van der Waals surface area contributed by atoms with Crippen molar-refractivity contribution in [2.24, 2.45) is 5.10 Å². The summed E-state index contributed by atoms with van der Waals surface area (Å²) in [5.74, 6) is 0.746. The number of hydrogen-bond donors (Lipinski definition) is 1. The fourth-order valence-electron chi connectivity index (χ4n) is 3.54. The van der Waals surface area contributed by atoms with Gasteiger partial charge >= 0.3 is 0 Å². The summed E-state index contributed by atoms with van der Waals surface area (Å²) < 4.78 is 5.23. The lowest BCUT2D eigenvalue weighted by molar-refractivity contribution is -0.385. The van der Waals surface area contributed by atoms with Crippen molar-refractivity contribution in [2.45, 2.75) is 12.5 Å². The van der Waals surface area contributed by atoms with Crippen LogP contribution in [-0.2, 0) is 0 Å². The molecule has 0 bridgehead atoms. The van der Waals surface area contributed by atoms with Gasteiger partial charge in [-0.2, -0.15) is 5.10 Å². The summed E-state index contributed by atoms with van der Waals surface area (Å²) in [7, 11) is 1.61. The molecule has 3 aromatic carbocycles. The third-order valence-corrected chi connectivity index (χ3v) is 5.35. The summed E-state index contributed by atoms with van der Waals surface area (Å²) in [5.41, 5.74) is 3.14. The molecule has 0 aliphatic carbocycles. The minimum absolute atomic E-state index is 0.0474. The summed E-state index contributed by atoms with van der Waals surface area (Å²) >= 11 is 5.64. The Morgan fingerprint density at radius 2 is 1.77 bits per heavy atom. The normalized spacial score (nSPS) is 15.3. The van der Waals surface area contributed by atoms with Gasteiger partial charge in [0.2, 0.25) is 0 Å². The predicted octanol–water partition coefficient (Wildman–Crippen LogP) is 5.15. The van der Waals surface area contributed by atoms with Gasteiger partial charge in [0.05, 0.1) is 29.4 Å². The van der Waals surface area contributed by atoms with Gasteiger partial charge in [0.25, 0.3) is 5.69 Å². The fraction of sp³-hybridized carbons (Fsp3) is 0.130. The van der Waals surface area contributed by atoms with E-state index in [1.807, 2.05) is 54.6 Å². The molecule has 1 N–H and O–H groups in total. The SMILES string of the molecule is COc1ccc(C2=NN(C(=S)Nc3ccccc3)[C@@H](c3ccccc3[N+](=O)[O-])C2)cc1. The first-order valence-corrected chi connectivity index (χ1v) is 10.1. The number of nitrogens with zero attached hydrogens (tertiary/aromatic N) is 3. The van der Waals surface area contributed by atoms with Crippen LogP contribution in [0.1, 0.15) is 23.6 Å². The van der Waals surface area contributed by atoms with Crippen LogP contribution in [0.25, 0.3) is 0 Å². The number of ether oxygens (including phenoxy) is 1. The van der Waals surface area contributed by atoms with Gasteiger partial charge < -0.3 is 10.1 Å². The number of para-hydroxylation sites is 2. The third kappa shape index (κ3) is 4.39. The molecule has 0 saturated heterocycles. The molecule has 7 nitrogen and oxygen atoms in total. The van der Waals surface area contributed by atoms with Crippen LogP contribution in [0.3, 0.4) is 0 Å². The number of benzene rings is 3. The first-order chi connectivity index (χ1) is 15.1. The lowest BCUT2D eigenvalue weighted by atomic mass is 9.97. The average molecular weight is 433 g/mol. The molecule has 1 heterocycles. The predicted molar refractivity (Wildman–Crippen MR) is 124 cm³/mol. The molecule has 1 atom stereocenters. The molecular weight excluding hydrogens is 412 g/mol. The average Bonchev–Trinajstić information content (AvgIpc) is 3.25. The molecule has 31 heavy (non-hydrogen) atoms. The summed E-state index contributed by atoms with van der Waals surface area (Å²) in [6.45, 7) is 0. The summed E-state index contributed by atoms with van der Waals surface area (Å²) in [6.07, 6.45) is 0.480. The molecule has 1 aliphatic heterocycles. The molecule has 3 aromatic rings. The van der Waals surface area contributed by atoms with E-state index in [0.717, 1.165) is 22.7 Å². The Labute approximate surface area is 185 Å². The number of nitrogens with one attached hydrogen (secondary N) is 1. The van der Waals surface area contributed by atoms with Crippen LogP contribution >= 0.6 is 12.2 Å². The van der Waals surface area contributed by atoms with Gasteiger partial charge in [-0.05, 0) is 60.2 Å². The zero-order chi connectivity index (χ0) is 21.8. The van der Waals surface area contributed by atoms with E-state index in [0.29, 0.717) is 17.1 Å². The summed E-state index contributed by atoms with van der Waals surface area (Å²) in [6, 6.07) is 23.4. The molecule has 0 radical (unpaired) electrons. The number of thiocarbonyl (C=S) groups is 1. The molecule has 0 unspecified atom stereocenters. The Morgan fingerprint density at radius 1 is 1.10 bits per heavy atom. The number of hydrazone groups is 1. The minimum atomic E-state index is -0.401. The van der Waals surface area contributed by atoms with Crippen LogP contribution in [0.2, 0.25) is 0 Å². The van der Waals surface area contributed by atoms with Crippen LogP contribution in [0, 0.1) is 10.1 Å². The van der Waals surface area contributed by atoms with Gasteiger partial charge in [0, 0.05) is 18.2 Å². The van der Waals surface area contributed by atoms with Crippen molar-refractivity contribution in [3.05, 3.63) is 100 Å². The van der Waals surface area contributed by atoms with Crippen molar-refractivity contribution >= 4 is 34.4 Å². The van der Waals surface area contributed by atoms with E-state index in [9.17, 15) is 10.1 Å². The minimum Gasteiger partial charge on any atom is -0.497 e. The summed E-state index contributed by atoms with van der Waals surface area (Å²) in [4.78, 5) is 11.3. The number of anilines is 1. The van der Waals surface area contributed by atoms with Crippen molar-refractivity contribution in [2.75, 3.05) is 12.4 Å². The van der Waals surface area contributed by atoms with E-state index < -0.39 is 6.04 Å². The molecule has 0 amide bonds.